The molecule has 5 rings (SSSR count). The molecule has 1 amide bonds. The second-order valence-corrected chi connectivity index (χ2v) is 10.7. The topological polar surface area (TPSA) is 116 Å². The third-order valence-electron chi connectivity index (χ3n) is 6.87. The Bertz CT molecular complexity index is 1120. The average Bonchev–Trinajstić information content (AvgIpc) is 3.42. The van der Waals surface area contributed by atoms with E-state index in [0.29, 0.717) is 37.9 Å². The summed E-state index contributed by atoms with van der Waals surface area (Å²) in [6.07, 6.45) is 10.8. The predicted octanol–water partition coefficient (Wildman–Crippen LogP) is 4.26. The number of ether oxygens (including phenoxy) is 1. The van der Waals surface area contributed by atoms with Gasteiger partial charge in [-0.25, -0.2) is 24.9 Å². The lowest BCUT2D eigenvalue weighted by Gasteiger charge is -2.37. The van der Waals surface area contributed by atoms with E-state index in [1.807, 2.05) is 56.2 Å². The van der Waals surface area contributed by atoms with Gasteiger partial charge in [0.2, 0.25) is 5.95 Å². The van der Waals surface area contributed by atoms with E-state index in [1.165, 1.54) is 0 Å². The van der Waals surface area contributed by atoms with Crippen LogP contribution in [0.3, 0.4) is 0 Å². The normalized spacial score (nSPS) is 20.2. The summed E-state index contributed by atoms with van der Waals surface area (Å²) >= 11 is 0. The van der Waals surface area contributed by atoms with Crippen LogP contribution in [0.25, 0.3) is 6.08 Å². The zero-order valence-corrected chi connectivity index (χ0v) is 21.6. The minimum absolute atomic E-state index is 0.261. The molecule has 0 radical (unpaired) electrons. The van der Waals surface area contributed by atoms with Gasteiger partial charge in [0, 0.05) is 44.0 Å². The summed E-state index contributed by atoms with van der Waals surface area (Å²) in [4.78, 5) is 36.8. The highest BCUT2D eigenvalue weighted by molar-refractivity contribution is 5.70. The van der Waals surface area contributed by atoms with Gasteiger partial charge in [0.15, 0.2) is 6.23 Å². The number of anilines is 4. The number of piperazine rings is 1. The van der Waals surface area contributed by atoms with Crippen molar-refractivity contribution < 1.29 is 19.7 Å². The predicted molar refractivity (Wildman–Crippen MR) is 141 cm³/mol. The van der Waals surface area contributed by atoms with Crippen LogP contribution in [0.5, 0.6) is 0 Å². The lowest BCUT2D eigenvalue weighted by Crippen LogP contribution is -2.50. The van der Waals surface area contributed by atoms with E-state index in [-0.39, 0.29) is 12.1 Å². The lowest BCUT2D eigenvalue weighted by molar-refractivity contribution is -0.266. The number of nitrogens with zero attached hydrogens (tertiary/aromatic N) is 6. The van der Waals surface area contributed by atoms with Gasteiger partial charge >= 0.3 is 6.09 Å². The number of carbonyl (C=O) groups is 1. The standard InChI is InChI=1S/C26H35N7O4/c1-26(2,3)36-25(34)32-14-12-31(13-15-32)20-9-10-21(27-17-20)29-24-28-16-18-8-11-22(37-35)33(23(18)30-24)19-6-4-5-7-19/h8-11,16-17,19,22,35H,4-7,12-15H2,1-3H3,(H,27,28,29,30). The first kappa shape index (κ1) is 25.2. The van der Waals surface area contributed by atoms with Crippen LogP contribution >= 0.6 is 0 Å². The van der Waals surface area contributed by atoms with Crippen molar-refractivity contribution in [1.82, 2.24) is 19.9 Å². The van der Waals surface area contributed by atoms with Gasteiger partial charge in [-0.2, -0.15) is 4.98 Å². The van der Waals surface area contributed by atoms with Gasteiger partial charge < -0.3 is 24.8 Å². The van der Waals surface area contributed by atoms with Gasteiger partial charge in [0.1, 0.15) is 17.2 Å². The van der Waals surface area contributed by atoms with Crippen LogP contribution in [-0.4, -0.2) is 75.3 Å². The molecule has 2 aliphatic heterocycles. The highest BCUT2D eigenvalue weighted by Gasteiger charge is 2.33. The Hall–Kier alpha value is -3.44. The molecule has 0 bridgehead atoms. The van der Waals surface area contributed by atoms with Crippen LogP contribution in [0.2, 0.25) is 0 Å². The van der Waals surface area contributed by atoms with E-state index in [2.05, 4.69) is 20.2 Å². The Labute approximate surface area is 217 Å². The largest absolute Gasteiger partial charge is 0.444 e. The number of aromatic nitrogens is 3. The molecule has 1 saturated carbocycles. The molecule has 198 valence electrons. The number of pyridine rings is 1. The first-order valence-corrected chi connectivity index (χ1v) is 12.9. The molecule has 11 nitrogen and oxygen atoms in total. The summed E-state index contributed by atoms with van der Waals surface area (Å²) < 4.78 is 5.48. The molecule has 4 heterocycles. The number of fused-ring (bicyclic) bond motifs is 1. The number of hydrogen-bond donors (Lipinski definition) is 2. The van der Waals surface area contributed by atoms with Crippen molar-refractivity contribution in [2.75, 3.05) is 41.3 Å². The molecule has 1 unspecified atom stereocenters. The molecule has 0 aromatic carbocycles. The molecule has 2 aromatic rings. The fourth-order valence-corrected chi connectivity index (χ4v) is 5.05. The van der Waals surface area contributed by atoms with Crippen LogP contribution in [0.1, 0.15) is 52.0 Å². The van der Waals surface area contributed by atoms with Crippen molar-refractivity contribution in [2.24, 2.45) is 0 Å². The minimum Gasteiger partial charge on any atom is -0.444 e. The number of nitrogens with one attached hydrogen (secondary N) is 1. The first-order valence-electron chi connectivity index (χ1n) is 12.9. The Morgan fingerprint density at radius 3 is 2.49 bits per heavy atom. The van der Waals surface area contributed by atoms with Crippen LogP contribution in [0.15, 0.2) is 30.6 Å². The maximum atomic E-state index is 12.3. The van der Waals surface area contributed by atoms with Crippen LogP contribution in [0.4, 0.5) is 28.1 Å². The maximum Gasteiger partial charge on any atom is 0.410 e. The minimum atomic E-state index is -0.563. The monoisotopic (exact) mass is 509 g/mol. The van der Waals surface area contributed by atoms with E-state index in [9.17, 15) is 10.1 Å². The fraction of sp³-hybridized carbons (Fsp3) is 0.538. The Morgan fingerprint density at radius 1 is 1.08 bits per heavy atom. The maximum absolute atomic E-state index is 12.3. The Balaban J connectivity index is 1.23. The summed E-state index contributed by atoms with van der Waals surface area (Å²) in [5.74, 6) is 1.80. The Morgan fingerprint density at radius 2 is 1.84 bits per heavy atom. The fourth-order valence-electron chi connectivity index (χ4n) is 5.05. The van der Waals surface area contributed by atoms with E-state index in [1.54, 1.807) is 11.1 Å². The van der Waals surface area contributed by atoms with Crippen molar-refractivity contribution >= 4 is 35.4 Å². The van der Waals surface area contributed by atoms with Crippen molar-refractivity contribution in [1.29, 1.82) is 0 Å². The molecule has 1 saturated heterocycles. The second-order valence-electron chi connectivity index (χ2n) is 10.7. The molecule has 3 aliphatic rings. The van der Waals surface area contributed by atoms with Crippen molar-refractivity contribution in [2.45, 2.75) is 64.3 Å². The number of amides is 1. The lowest BCUT2D eigenvalue weighted by atomic mass is 10.1. The second kappa shape index (κ2) is 10.5. The number of hydrogen-bond acceptors (Lipinski definition) is 10. The molecule has 11 heteroatoms. The van der Waals surface area contributed by atoms with E-state index in [4.69, 9.17) is 14.6 Å². The summed E-state index contributed by atoms with van der Waals surface area (Å²) in [7, 11) is 0. The molecule has 37 heavy (non-hydrogen) atoms. The SMILES string of the molecule is CC(C)(C)OC(=O)N1CCN(c2ccc(Nc3ncc4c(n3)N(C3CCCC3)C(OO)C=C4)nc2)CC1. The molecule has 2 aromatic heterocycles. The quantitative estimate of drug-likeness (QED) is 0.447. The van der Waals surface area contributed by atoms with Gasteiger partial charge in [-0.3, -0.25) is 0 Å². The summed E-state index contributed by atoms with van der Waals surface area (Å²) in [6.45, 7) is 8.24. The molecule has 2 fully saturated rings. The van der Waals surface area contributed by atoms with Gasteiger partial charge in [-0.15, -0.1) is 0 Å². The van der Waals surface area contributed by atoms with Crippen molar-refractivity contribution in [3.8, 4) is 0 Å². The molecular weight excluding hydrogens is 474 g/mol. The van der Waals surface area contributed by atoms with Gasteiger partial charge in [0.05, 0.1) is 11.9 Å². The molecule has 0 spiro atoms. The number of rotatable bonds is 5. The Kier molecular flexibility index (Phi) is 7.16. The van der Waals surface area contributed by atoms with E-state index in [0.717, 1.165) is 42.8 Å². The molecular formula is C26H35N7O4. The molecule has 1 aliphatic carbocycles. The van der Waals surface area contributed by atoms with Crippen LogP contribution in [-0.2, 0) is 9.62 Å². The van der Waals surface area contributed by atoms with E-state index >= 15 is 0 Å². The highest BCUT2D eigenvalue weighted by Crippen LogP contribution is 2.35. The van der Waals surface area contributed by atoms with Crippen molar-refractivity contribution in [3.63, 3.8) is 0 Å². The first-order chi connectivity index (χ1) is 17.8. The number of carbonyl (C=O) groups excluding carboxylic acids is 1. The third kappa shape index (κ3) is 5.78. The highest BCUT2D eigenvalue weighted by atomic mass is 17.1. The van der Waals surface area contributed by atoms with Crippen LogP contribution < -0.4 is 15.1 Å². The summed E-state index contributed by atoms with van der Waals surface area (Å²) in [6, 6.07) is 4.16. The van der Waals surface area contributed by atoms with Gasteiger partial charge in [-0.05, 0) is 57.9 Å². The summed E-state index contributed by atoms with van der Waals surface area (Å²) in [5, 5.41) is 12.7. The van der Waals surface area contributed by atoms with Gasteiger partial charge in [0.25, 0.3) is 0 Å². The van der Waals surface area contributed by atoms with E-state index < -0.39 is 11.8 Å². The summed E-state index contributed by atoms with van der Waals surface area (Å²) in [5.41, 5.74) is 1.38. The smallest absolute Gasteiger partial charge is 0.410 e. The van der Waals surface area contributed by atoms with Crippen molar-refractivity contribution in [3.05, 3.63) is 36.2 Å². The zero-order valence-electron chi connectivity index (χ0n) is 21.6. The average molecular weight is 510 g/mol. The third-order valence-corrected chi connectivity index (χ3v) is 6.87. The molecule has 2 N–H and O–H groups in total. The van der Waals surface area contributed by atoms with Crippen LogP contribution in [0, 0.1) is 0 Å². The molecule has 1 atom stereocenters. The van der Waals surface area contributed by atoms with Gasteiger partial charge in [-0.1, -0.05) is 12.8 Å². The zero-order chi connectivity index (χ0) is 26.0.